The van der Waals surface area contributed by atoms with Crippen LogP contribution in [0.25, 0.3) is 22.8 Å². The Labute approximate surface area is 365 Å². The van der Waals surface area contributed by atoms with Crippen LogP contribution < -0.4 is 0 Å². The molecule has 3 fully saturated rings. The number of benzene rings is 2. The van der Waals surface area contributed by atoms with E-state index in [0.717, 1.165) is 48.0 Å². The molecule has 4 atom stereocenters. The van der Waals surface area contributed by atoms with Gasteiger partial charge in [0.15, 0.2) is 0 Å². The lowest BCUT2D eigenvalue weighted by molar-refractivity contribution is -0.340. The molecule has 2 N–H and O–H groups in total. The number of aromatic nitrogens is 1. The Balaban J connectivity index is 1.38. The van der Waals surface area contributed by atoms with Gasteiger partial charge in [0.1, 0.15) is 36.5 Å². The number of hydrogen-bond donors (Lipinski definition) is 2. The smallest absolute Gasteiger partial charge is 0.342 e. The van der Waals surface area contributed by atoms with Crippen molar-refractivity contribution in [2.45, 2.75) is 99.2 Å². The molecular weight excluding hydrogens is 785 g/mol. The molecule has 12 heteroatoms. The van der Waals surface area contributed by atoms with Crippen molar-refractivity contribution in [2.24, 2.45) is 45.5 Å². The van der Waals surface area contributed by atoms with Crippen molar-refractivity contribution < 1.29 is 38.7 Å². The number of aromatic amines is 1. The number of amidine groups is 1. The maximum absolute atomic E-state index is 14.8. The van der Waals surface area contributed by atoms with Crippen LogP contribution in [-0.2, 0) is 28.8 Å². The number of carboxylic acids is 1. The number of ether oxygens (including phenoxy) is 2. The van der Waals surface area contributed by atoms with Gasteiger partial charge in [0.2, 0.25) is 5.91 Å². The highest BCUT2D eigenvalue weighted by molar-refractivity contribution is 6.19. The summed E-state index contributed by atoms with van der Waals surface area (Å²) in [7, 11) is 0. The molecule has 12 nitrogen and oxygen atoms in total. The molecule has 1 saturated heterocycles. The van der Waals surface area contributed by atoms with Gasteiger partial charge in [0.25, 0.3) is 0 Å². The third-order valence-corrected chi connectivity index (χ3v) is 12.8. The topological polar surface area (TPSA) is 152 Å². The maximum Gasteiger partial charge on any atom is 0.342 e. The monoisotopic (exact) mass is 846 g/mol. The first kappa shape index (κ1) is 44.9. The Morgan fingerprint density at radius 1 is 0.855 bits per heavy atom. The van der Waals surface area contributed by atoms with Crippen LogP contribution in [-0.4, -0.2) is 83.0 Å². The molecule has 2 aliphatic carbocycles. The predicted molar refractivity (Wildman–Crippen MR) is 241 cm³/mol. The van der Waals surface area contributed by atoms with E-state index >= 15 is 0 Å². The number of carboxylic acid groups (broad SMARTS) is 1. The zero-order valence-electron chi connectivity index (χ0n) is 37.2. The molecule has 0 spiro atoms. The van der Waals surface area contributed by atoms with Gasteiger partial charge in [0.05, 0.1) is 24.1 Å². The summed E-state index contributed by atoms with van der Waals surface area (Å²) in [4.78, 5) is 67.3. The van der Waals surface area contributed by atoms with Gasteiger partial charge in [-0.25, -0.2) is 29.3 Å². The number of carbonyl (C=O) groups is 3. The first-order valence-electron chi connectivity index (χ1n) is 22.3. The summed E-state index contributed by atoms with van der Waals surface area (Å²) in [5, 5.41) is 9.22. The van der Waals surface area contributed by atoms with Crippen molar-refractivity contribution in [3.05, 3.63) is 88.8 Å². The molecule has 3 heterocycles. The number of nitrogens with one attached hydrogen (secondary N) is 1. The normalized spacial score (nSPS) is 27.6. The second-order valence-electron chi connectivity index (χ2n) is 18.3. The van der Waals surface area contributed by atoms with Gasteiger partial charge in [-0.15, -0.1) is 0 Å². The molecule has 62 heavy (non-hydrogen) atoms. The third-order valence-electron chi connectivity index (χ3n) is 12.8. The summed E-state index contributed by atoms with van der Waals surface area (Å²) >= 11 is 0. The Hall–Kier alpha value is -5.17. The van der Waals surface area contributed by atoms with Crippen LogP contribution in [0.5, 0.6) is 0 Å². The second-order valence-corrected chi connectivity index (χ2v) is 18.3. The number of hydrogen-bond acceptors (Lipinski definition) is 9. The minimum Gasteiger partial charge on any atom is -0.480 e. The van der Waals surface area contributed by atoms with Gasteiger partial charge < -0.3 is 19.6 Å². The summed E-state index contributed by atoms with van der Waals surface area (Å²) in [6.07, 6.45) is 6.71. The minimum atomic E-state index is -1.09. The van der Waals surface area contributed by atoms with Crippen LogP contribution in [0.15, 0.2) is 81.9 Å². The molecule has 3 aromatic rings. The average Bonchev–Trinajstić information content (AvgIpc) is 3.92. The Morgan fingerprint density at radius 3 is 2.03 bits per heavy atom. The number of aliphatic imine (C=N–C) groups is 2. The fourth-order valence-electron chi connectivity index (χ4n) is 10.4. The molecule has 0 bridgehead atoms. The fraction of sp³-hybridized carbons (Fsp3) is 0.500. The summed E-state index contributed by atoms with van der Waals surface area (Å²) in [6.45, 7) is 15.0. The van der Waals surface area contributed by atoms with Crippen molar-refractivity contribution >= 4 is 46.9 Å². The van der Waals surface area contributed by atoms with E-state index in [9.17, 15) is 19.5 Å². The van der Waals surface area contributed by atoms with Crippen molar-refractivity contribution in [3.63, 3.8) is 0 Å². The van der Waals surface area contributed by atoms with Crippen molar-refractivity contribution in [1.82, 2.24) is 9.88 Å². The van der Waals surface area contributed by atoms with Gasteiger partial charge in [-0.05, 0) is 91.7 Å². The van der Waals surface area contributed by atoms with Crippen LogP contribution in [0.2, 0.25) is 0 Å². The fourth-order valence-corrected chi connectivity index (χ4v) is 10.4. The van der Waals surface area contributed by atoms with E-state index in [4.69, 9.17) is 29.2 Å². The highest BCUT2D eigenvalue weighted by Crippen LogP contribution is 2.43. The minimum absolute atomic E-state index is 0.00741. The number of carbonyl (C=O) groups excluding carboxylic acids is 2. The highest BCUT2D eigenvalue weighted by Gasteiger charge is 2.39. The lowest BCUT2D eigenvalue weighted by Gasteiger charge is -2.37. The van der Waals surface area contributed by atoms with Gasteiger partial charge >= 0.3 is 11.9 Å². The quantitative estimate of drug-likeness (QED) is 0.0704. The lowest BCUT2D eigenvalue weighted by Crippen LogP contribution is -2.37. The molecule has 330 valence electrons. The van der Waals surface area contributed by atoms with E-state index in [1.165, 1.54) is 0 Å². The zero-order valence-corrected chi connectivity index (χ0v) is 37.2. The summed E-state index contributed by atoms with van der Waals surface area (Å²) in [5.41, 5.74) is 5.55. The van der Waals surface area contributed by atoms with Crippen molar-refractivity contribution in [1.29, 1.82) is 0 Å². The number of rotatable bonds is 14. The Morgan fingerprint density at radius 2 is 1.45 bits per heavy atom. The van der Waals surface area contributed by atoms with Crippen molar-refractivity contribution in [2.75, 3.05) is 26.4 Å². The van der Waals surface area contributed by atoms with E-state index in [2.05, 4.69) is 46.5 Å². The molecule has 2 saturated carbocycles. The number of H-pyrrole nitrogens is 1. The second kappa shape index (κ2) is 19.9. The molecule has 7 rings (SSSR count). The molecular formula is C50H62N4O8. The number of esters is 1. The average molecular weight is 847 g/mol. The molecule has 4 aliphatic rings. The number of likely N-dealkylation sites (tertiary alicyclic amines) is 1. The zero-order chi connectivity index (χ0) is 44.1. The van der Waals surface area contributed by atoms with Gasteiger partial charge in [0, 0.05) is 35.4 Å². The Kier molecular flexibility index (Phi) is 14.4. The lowest BCUT2D eigenvalue weighted by atomic mass is 9.75. The van der Waals surface area contributed by atoms with Crippen molar-refractivity contribution in [3.8, 4) is 11.1 Å². The molecule has 4 unspecified atom stereocenters. The molecule has 2 aromatic carbocycles. The standard InChI is InChI=1S/C50H62N4O8/c1-29-21-31(3)46(32(4)22-29)61-50(58)45-44(37-17-12-9-13-18-37)40(52-48(45)51-35(7)26-59-28-42(56)57)25-39-43(36-15-10-8-11-16-36)38(49(53-39)54-20-14-19-41(54)55)27-60-62-47-33(5)23-30(2)24-34(47)6/h8-13,15-18,25,29-34,46-47,52H,14,19-24,26-28H2,1-7H3,(H,56,57). The van der Waals surface area contributed by atoms with Crippen LogP contribution in [0.4, 0.5) is 5.82 Å². The SMILES string of the molecule is CC(COCC(=O)O)=Nc1[nH]c(C=C2N=C(N3CCCC3=O)C(COOC3C(C)CC(C)CC3C)=C2c2ccccc2)c(-c2ccccc2)c1C(=O)OC1C(C)CC(C)CC1C. The Bertz CT molecular complexity index is 2200. The van der Waals surface area contributed by atoms with Gasteiger partial charge in [-0.1, -0.05) is 102 Å². The summed E-state index contributed by atoms with van der Waals surface area (Å²) in [6, 6.07) is 19.6. The summed E-state index contributed by atoms with van der Waals surface area (Å²) in [5.74, 6) is 1.28. The van der Waals surface area contributed by atoms with E-state index in [1.54, 1.807) is 11.8 Å². The van der Waals surface area contributed by atoms with E-state index < -0.39 is 18.5 Å². The van der Waals surface area contributed by atoms with Crippen LogP contribution in [0, 0.1) is 35.5 Å². The van der Waals surface area contributed by atoms with Gasteiger partial charge in [-0.2, -0.15) is 0 Å². The summed E-state index contributed by atoms with van der Waals surface area (Å²) < 4.78 is 11.9. The maximum atomic E-state index is 14.8. The first-order chi connectivity index (χ1) is 29.8. The number of allylic oxidation sites excluding steroid dienone is 1. The van der Waals surface area contributed by atoms with Gasteiger partial charge in [-0.3, -0.25) is 9.69 Å². The number of amides is 1. The van der Waals surface area contributed by atoms with Crippen LogP contribution >= 0.6 is 0 Å². The van der Waals surface area contributed by atoms with E-state index in [-0.39, 0.29) is 54.5 Å². The highest BCUT2D eigenvalue weighted by atomic mass is 17.2. The first-order valence-corrected chi connectivity index (χ1v) is 22.3. The third kappa shape index (κ3) is 10.2. The van der Waals surface area contributed by atoms with E-state index in [0.29, 0.717) is 71.6 Å². The van der Waals surface area contributed by atoms with Crippen LogP contribution in [0.1, 0.15) is 109 Å². The predicted octanol–water partition coefficient (Wildman–Crippen LogP) is 9.95. The molecule has 2 aliphatic heterocycles. The molecule has 0 radical (unpaired) electrons. The largest absolute Gasteiger partial charge is 0.480 e. The molecule has 1 amide bonds. The number of nitrogens with zero attached hydrogens (tertiary/aromatic N) is 3. The van der Waals surface area contributed by atoms with Crippen LogP contribution in [0.3, 0.4) is 0 Å². The van der Waals surface area contributed by atoms with E-state index in [1.807, 2.05) is 66.7 Å². The molecule has 1 aromatic heterocycles. The number of aliphatic carboxylic acids is 1.